The standard InChI is InChI=1S/C12H16N2O5/c1-4-18-10(16)7-13-12(17)19-11-8(2)14(3)6-5-9(11)15/h5-6H,4,7H2,1-3H3,(H,13,17). The van der Waals surface area contributed by atoms with Crippen LogP contribution >= 0.6 is 0 Å². The van der Waals surface area contributed by atoms with Crippen molar-refractivity contribution in [1.82, 2.24) is 9.88 Å². The molecule has 1 heterocycles. The van der Waals surface area contributed by atoms with Crippen LogP contribution < -0.4 is 15.5 Å². The smallest absolute Gasteiger partial charge is 0.413 e. The van der Waals surface area contributed by atoms with Crippen LogP contribution in [0.15, 0.2) is 17.1 Å². The molecule has 1 rings (SSSR count). The maximum absolute atomic E-state index is 11.6. The van der Waals surface area contributed by atoms with Crippen LogP contribution in [0.5, 0.6) is 5.75 Å². The molecule has 0 aliphatic carbocycles. The first-order valence-electron chi connectivity index (χ1n) is 5.73. The molecule has 1 amide bonds. The van der Waals surface area contributed by atoms with Crippen LogP contribution in [-0.4, -0.2) is 29.8 Å². The van der Waals surface area contributed by atoms with E-state index in [4.69, 9.17) is 4.74 Å². The molecule has 1 N–H and O–H groups in total. The summed E-state index contributed by atoms with van der Waals surface area (Å²) in [7, 11) is 1.72. The van der Waals surface area contributed by atoms with Crippen LogP contribution in [0.2, 0.25) is 0 Å². The molecule has 7 heteroatoms. The number of ether oxygens (including phenoxy) is 2. The first-order chi connectivity index (χ1) is 8.95. The molecule has 0 fully saturated rings. The zero-order chi connectivity index (χ0) is 14.4. The van der Waals surface area contributed by atoms with Gasteiger partial charge in [-0.15, -0.1) is 0 Å². The summed E-state index contributed by atoms with van der Waals surface area (Å²) in [5.41, 5.74) is 0.112. The first-order valence-corrected chi connectivity index (χ1v) is 5.73. The monoisotopic (exact) mass is 268 g/mol. The highest BCUT2D eigenvalue weighted by Crippen LogP contribution is 2.10. The van der Waals surface area contributed by atoms with Crippen molar-refractivity contribution in [3.05, 3.63) is 28.2 Å². The highest BCUT2D eigenvalue weighted by Gasteiger charge is 2.13. The lowest BCUT2D eigenvalue weighted by atomic mass is 10.3. The van der Waals surface area contributed by atoms with Crippen molar-refractivity contribution in [1.29, 1.82) is 0 Å². The third kappa shape index (κ3) is 4.13. The van der Waals surface area contributed by atoms with Gasteiger partial charge in [0.1, 0.15) is 6.54 Å². The number of pyridine rings is 1. The van der Waals surface area contributed by atoms with Gasteiger partial charge < -0.3 is 19.4 Å². The number of aromatic nitrogens is 1. The fourth-order valence-corrected chi connectivity index (χ4v) is 1.31. The maximum Gasteiger partial charge on any atom is 0.413 e. The lowest BCUT2D eigenvalue weighted by molar-refractivity contribution is -0.141. The average molecular weight is 268 g/mol. The topological polar surface area (TPSA) is 86.6 Å². The van der Waals surface area contributed by atoms with Crippen LogP contribution in [0.4, 0.5) is 4.79 Å². The summed E-state index contributed by atoms with van der Waals surface area (Å²) in [6.07, 6.45) is 0.695. The van der Waals surface area contributed by atoms with Gasteiger partial charge in [-0.05, 0) is 13.8 Å². The Morgan fingerprint density at radius 1 is 1.42 bits per heavy atom. The van der Waals surface area contributed by atoms with Crippen molar-refractivity contribution in [2.45, 2.75) is 13.8 Å². The van der Waals surface area contributed by atoms with Gasteiger partial charge in [-0.1, -0.05) is 0 Å². The number of esters is 1. The van der Waals surface area contributed by atoms with E-state index in [1.165, 1.54) is 6.07 Å². The largest absolute Gasteiger partial charge is 0.465 e. The number of carbonyl (C=O) groups excluding carboxylic acids is 2. The van der Waals surface area contributed by atoms with E-state index >= 15 is 0 Å². The van der Waals surface area contributed by atoms with Crippen LogP contribution in [0, 0.1) is 6.92 Å². The fraction of sp³-hybridized carbons (Fsp3) is 0.417. The molecule has 1 aromatic heterocycles. The Kier molecular flexibility index (Phi) is 5.11. The number of carbonyl (C=O) groups is 2. The van der Waals surface area contributed by atoms with Gasteiger partial charge in [-0.2, -0.15) is 0 Å². The second-order valence-corrected chi connectivity index (χ2v) is 3.75. The SMILES string of the molecule is CCOC(=O)CNC(=O)Oc1c(C)n(C)ccc1=O. The van der Waals surface area contributed by atoms with Crippen LogP contribution in [0.1, 0.15) is 12.6 Å². The summed E-state index contributed by atoms with van der Waals surface area (Å²) >= 11 is 0. The highest BCUT2D eigenvalue weighted by molar-refractivity contribution is 5.78. The van der Waals surface area contributed by atoms with Crippen molar-refractivity contribution in [2.24, 2.45) is 7.05 Å². The normalized spacial score (nSPS) is 9.84. The first kappa shape index (κ1) is 14.7. The maximum atomic E-state index is 11.6. The number of rotatable bonds is 4. The highest BCUT2D eigenvalue weighted by atomic mass is 16.6. The van der Waals surface area contributed by atoms with E-state index in [0.717, 1.165) is 0 Å². The number of aryl methyl sites for hydroxylation is 1. The Balaban J connectivity index is 2.65. The van der Waals surface area contributed by atoms with E-state index in [2.05, 4.69) is 10.1 Å². The molecule has 0 atom stereocenters. The Morgan fingerprint density at radius 2 is 2.11 bits per heavy atom. The van der Waals surface area contributed by atoms with Gasteiger partial charge in [0.05, 0.1) is 12.3 Å². The van der Waals surface area contributed by atoms with Crippen molar-refractivity contribution in [3.8, 4) is 5.75 Å². The molecule has 0 spiro atoms. The van der Waals surface area contributed by atoms with Crippen LogP contribution in [-0.2, 0) is 16.6 Å². The molecule has 0 bridgehead atoms. The van der Waals surface area contributed by atoms with Crippen molar-refractivity contribution in [3.63, 3.8) is 0 Å². The van der Waals surface area contributed by atoms with Gasteiger partial charge in [-0.25, -0.2) is 4.79 Å². The van der Waals surface area contributed by atoms with E-state index in [1.54, 1.807) is 31.7 Å². The molecule has 104 valence electrons. The number of hydrogen-bond donors (Lipinski definition) is 1. The number of amides is 1. The number of hydrogen-bond acceptors (Lipinski definition) is 5. The van der Waals surface area contributed by atoms with E-state index < -0.39 is 17.5 Å². The minimum atomic E-state index is -0.876. The average Bonchev–Trinajstić information content (AvgIpc) is 2.37. The molecule has 19 heavy (non-hydrogen) atoms. The third-order valence-electron chi connectivity index (χ3n) is 2.41. The summed E-state index contributed by atoms with van der Waals surface area (Å²) in [4.78, 5) is 34.0. The van der Waals surface area contributed by atoms with Crippen molar-refractivity contribution >= 4 is 12.1 Å². The van der Waals surface area contributed by atoms with E-state index in [-0.39, 0.29) is 18.9 Å². The van der Waals surface area contributed by atoms with Gasteiger partial charge >= 0.3 is 12.1 Å². The predicted molar refractivity (Wildman–Crippen MR) is 67.1 cm³/mol. The minimum absolute atomic E-state index is 0.0636. The molecule has 0 aliphatic heterocycles. The molecule has 1 aromatic rings. The summed E-state index contributed by atoms with van der Waals surface area (Å²) in [5.74, 6) is -0.636. The van der Waals surface area contributed by atoms with E-state index in [9.17, 15) is 14.4 Å². The van der Waals surface area contributed by atoms with E-state index in [1.807, 2.05) is 0 Å². The van der Waals surface area contributed by atoms with Gasteiger partial charge in [0, 0.05) is 19.3 Å². The predicted octanol–water partition coefficient (Wildman–Crippen LogP) is 0.345. The van der Waals surface area contributed by atoms with Gasteiger partial charge in [-0.3, -0.25) is 9.59 Å². The van der Waals surface area contributed by atoms with Crippen molar-refractivity contribution in [2.75, 3.05) is 13.2 Å². The fourth-order valence-electron chi connectivity index (χ4n) is 1.31. The van der Waals surface area contributed by atoms with Crippen molar-refractivity contribution < 1.29 is 19.1 Å². The zero-order valence-corrected chi connectivity index (χ0v) is 11.1. The second-order valence-electron chi connectivity index (χ2n) is 3.75. The van der Waals surface area contributed by atoms with Crippen LogP contribution in [0.3, 0.4) is 0 Å². The Labute approximate surface area is 110 Å². The van der Waals surface area contributed by atoms with Gasteiger partial charge in [0.2, 0.25) is 5.43 Å². The second kappa shape index (κ2) is 6.58. The van der Waals surface area contributed by atoms with E-state index in [0.29, 0.717) is 5.69 Å². The quantitative estimate of drug-likeness (QED) is 0.796. The molecular weight excluding hydrogens is 252 g/mol. The van der Waals surface area contributed by atoms with Gasteiger partial charge in [0.15, 0.2) is 5.75 Å². The molecule has 0 radical (unpaired) electrons. The number of nitrogens with zero attached hydrogens (tertiary/aromatic N) is 1. The molecular formula is C12H16N2O5. The summed E-state index contributed by atoms with van der Waals surface area (Å²) in [6.45, 7) is 3.23. The summed E-state index contributed by atoms with van der Waals surface area (Å²) < 4.78 is 11.2. The minimum Gasteiger partial charge on any atom is -0.465 e. The Hall–Kier alpha value is -2.31. The third-order valence-corrected chi connectivity index (χ3v) is 2.41. The summed E-state index contributed by atoms with van der Waals surface area (Å²) in [6, 6.07) is 1.29. The lowest BCUT2D eigenvalue weighted by Crippen LogP contribution is -2.34. The molecule has 0 aromatic carbocycles. The summed E-state index contributed by atoms with van der Waals surface area (Å²) in [5, 5.41) is 2.21. The molecule has 0 unspecified atom stereocenters. The number of nitrogens with one attached hydrogen (secondary N) is 1. The van der Waals surface area contributed by atoms with Gasteiger partial charge in [0.25, 0.3) is 0 Å². The lowest BCUT2D eigenvalue weighted by Gasteiger charge is -2.10. The molecule has 0 saturated carbocycles. The molecule has 0 aliphatic rings. The zero-order valence-electron chi connectivity index (χ0n) is 11.1. The Bertz CT molecular complexity index is 535. The van der Waals surface area contributed by atoms with Crippen LogP contribution in [0.25, 0.3) is 0 Å². The Morgan fingerprint density at radius 3 is 2.74 bits per heavy atom. The molecule has 0 saturated heterocycles. The molecule has 7 nitrogen and oxygen atoms in total.